The van der Waals surface area contributed by atoms with Crippen molar-refractivity contribution in [3.63, 3.8) is 0 Å². The Morgan fingerprint density at radius 1 is 1.08 bits per heavy atom. The van der Waals surface area contributed by atoms with Crippen LogP contribution in [0.15, 0.2) is 0 Å². The fraction of sp³-hybridized carbons (Fsp3) is 0.905. The van der Waals surface area contributed by atoms with Gasteiger partial charge in [0.15, 0.2) is 0 Å². The molecule has 0 spiro atoms. The van der Waals surface area contributed by atoms with Gasteiger partial charge in [0.25, 0.3) is 0 Å². The van der Waals surface area contributed by atoms with Crippen molar-refractivity contribution in [1.29, 1.82) is 0 Å². The van der Waals surface area contributed by atoms with Crippen LogP contribution in [0.1, 0.15) is 72.1 Å². The number of Topliss-reactive ketones (excluding diaryl/α,β-unsaturated/α-hetero) is 1. The zero-order valence-corrected chi connectivity index (χ0v) is 15.8. The number of ketones is 1. The minimum atomic E-state index is -0.356. The first kappa shape index (κ1) is 17.5. The first-order chi connectivity index (χ1) is 11.8. The highest BCUT2D eigenvalue weighted by Crippen LogP contribution is 2.66. The molecule has 0 radical (unpaired) electrons. The second-order valence-corrected chi connectivity index (χ2v) is 9.75. The van der Waals surface area contributed by atoms with Gasteiger partial charge in [-0.05, 0) is 67.6 Å². The monoisotopic (exact) mass is 348 g/mol. The molecule has 0 heterocycles. The average molecular weight is 348 g/mol. The topological polar surface area (TPSA) is 63.6 Å². The van der Waals surface area contributed by atoms with Gasteiger partial charge in [-0.2, -0.15) is 0 Å². The highest BCUT2D eigenvalue weighted by atomic mass is 16.5. The molecule has 25 heavy (non-hydrogen) atoms. The number of hydrogen-bond acceptors (Lipinski definition) is 4. The van der Waals surface area contributed by atoms with Crippen molar-refractivity contribution in [1.82, 2.24) is 0 Å². The average Bonchev–Trinajstić information content (AvgIpc) is 2.86. The number of carbonyl (C=O) groups is 2. The van der Waals surface area contributed by atoms with E-state index in [2.05, 4.69) is 13.8 Å². The highest BCUT2D eigenvalue weighted by molar-refractivity contribution is 5.79. The SMILES string of the molecule is CC(=O)O[C@H]1CC[C@@H]2[C@H]3C[C@@H](O)[C@@H]4CC(=O)CC[C@]4(C)[C@H]3CC[C@]12C. The first-order valence-corrected chi connectivity index (χ1v) is 10.1. The van der Waals surface area contributed by atoms with E-state index in [1.54, 1.807) is 0 Å². The van der Waals surface area contributed by atoms with E-state index in [0.29, 0.717) is 36.4 Å². The van der Waals surface area contributed by atoms with Gasteiger partial charge in [0.2, 0.25) is 0 Å². The molecule has 0 amide bonds. The molecule has 4 rings (SSSR count). The normalized spacial score (nSPS) is 52.1. The Bertz CT molecular complexity index is 586. The molecule has 4 saturated carbocycles. The molecule has 0 aromatic carbocycles. The molecule has 4 nitrogen and oxygen atoms in total. The van der Waals surface area contributed by atoms with Crippen LogP contribution >= 0.6 is 0 Å². The third kappa shape index (κ3) is 2.50. The van der Waals surface area contributed by atoms with Gasteiger partial charge in [0.05, 0.1) is 6.10 Å². The third-order valence-corrected chi connectivity index (χ3v) is 8.72. The summed E-state index contributed by atoms with van der Waals surface area (Å²) in [6.07, 6.45) is 6.99. The molecule has 4 heteroatoms. The van der Waals surface area contributed by atoms with Crippen molar-refractivity contribution >= 4 is 11.8 Å². The van der Waals surface area contributed by atoms with Crippen molar-refractivity contribution < 1.29 is 19.4 Å². The van der Waals surface area contributed by atoms with Gasteiger partial charge in [0, 0.05) is 25.2 Å². The lowest BCUT2D eigenvalue weighted by Gasteiger charge is -2.61. The van der Waals surface area contributed by atoms with Crippen molar-refractivity contribution in [2.45, 2.75) is 84.3 Å². The Balaban J connectivity index is 1.62. The van der Waals surface area contributed by atoms with Gasteiger partial charge >= 0.3 is 5.97 Å². The number of hydrogen-bond donors (Lipinski definition) is 1. The predicted octanol–water partition coefficient (Wildman–Crippen LogP) is 3.50. The van der Waals surface area contributed by atoms with Crippen molar-refractivity contribution in [3.05, 3.63) is 0 Å². The summed E-state index contributed by atoms with van der Waals surface area (Å²) in [6.45, 7) is 6.16. The molecule has 0 aliphatic heterocycles. The quantitative estimate of drug-likeness (QED) is 0.737. The zero-order chi connectivity index (χ0) is 18.0. The van der Waals surface area contributed by atoms with Crippen molar-refractivity contribution in [2.24, 2.45) is 34.5 Å². The Morgan fingerprint density at radius 2 is 1.80 bits per heavy atom. The molecule has 1 N–H and O–H groups in total. The van der Waals surface area contributed by atoms with Crippen LogP contribution in [0.5, 0.6) is 0 Å². The van der Waals surface area contributed by atoms with E-state index in [0.717, 1.165) is 38.5 Å². The zero-order valence-electron chi connectivity index (χ0n) is 15.8. The van der Waals surface area contributed by atoms with E-state index >= 15 is 0 Å². The summed E-state index contributed by atoms with van der Waals surface area (Å²) in [6, 6.07) is 0. The number of ether oxygens (including phenoxy) is 1. The van der Waals surface area contributed by atoms with Gasteiger partial charge in [0.1, 0.15) is 11.9 Å². The number of aliphatic hydroxyl groups is 1. The minimum Gasteiger partial charge on any atom is -0.462 e. The van der Waals surface area contributed by atoms with Crippen molar-refractivity contribution in [3.8, 4) is 0 Å². The van der Waals surface area contributed by atoms with E-state index in [4.69, 9.17) is 4.74 Å². The molecular formula is C21H32O4. The summed E-state index contributed by atoms with van der Waals surface area (Å²) in [5.74, 6) is 1.93. The summed E-state index contributed by atoms with van der Waals surface area (Å²) in [4.78, 5) is 23.5. The van der Waals surface area contributed by atoms with E-state index in [1.165, 1.54) is 6.92 Å². The van der Waals surface area contributed by atoms with Gasteiger partial charge in [-0.25, -0.2) is 0 Å². The van der Waals surface area contributed by atoms with Gasteiger partial charge in [-0.3, -0.25) is 9.59 Å². The van der Waals surface area contributed by atoms with Crippen LogP contribution in [0.4, 0.5) is 0 Å². The molecule has 0 aromatic heterocycles. The summed E-state index contributed by atoms with van der Waals surface area (Å²) in [7, 11) is 0. The lowest BCUT2D eigenvalue weighted by Crippen LogP contribution is -2.58. The molecule has 0 aromatic rings. The maximum absolute atomic E-state index is 12.0. The standard InChI is InChI=1S/C21H32O4/c1-12(22)25-19-5-4-15-14-11-18(24)17-10-13(23)6-8-20(17,2)16(14)7-9-21(15,19)3/h14-19,24H,4-11H2,1-3H3/t14-,15-,16+,17+,18-,19+,20-,21+/m1/s1. The number of esters is 1. The summed E-state index contributed by atoms with van der Waals surface area (Å²) in [5.41, 5.74) is 0.150. The predicted molar refractivity (Wildman–Crippen MR) is 93.7 cm³/mol. The lowest BCUT2D eigenvalue weighted by molar-refractivity contribution is -0.176. The Morgan fingerprint density at radius 3 is 2.52 bits per heavy atom. The molecule has 4 fully saturated rings. The number of fused-ring (bicyclic) bond motifs is 5. The van der Waals surface area contributed by atoms with Gasteiger partial charge in [-0.1, -0.05) is 13.8 Å². The Kier molecular flexibility index (Phi) is 4.06. The number of rotatable bonds is 1. The molecule has 0 unspecified atom stereocenters. The first-order valence-electron chi connectivity index (χ1n) is 10.1. The lowest BCUT2D eigenvalue weighted by atomic mass is 9.44. The van der Waals surface area contributed by atoms with E-state index in [9.17, 15) is 14.7 Å². The summed E-state index contributed by atoms with van der Waals surface area (Å²) in [5, 5.41) is 10.9. The fourth-order valence-electron chi connectivity index (χ4n) is 7.43. The van der Waals surface area contributed by atoms with Crippen LogP contribution in [0.25, 0.3) is 0 Å². The maximum atomic E-state index is 12.0. The van der Waals surface area contributed by atoms with E-state index < -0.39 is 0 Å². The number of aliphatic hydroxyl groups excluding tert-OH is 1. The minimum absolute atomic E-state index is 0.0338. The molecule has 4 aliphatic rings. The molecule has 8 atom stereocenters. The highest BCUT2D eigenvalue weighted by Gasteiger charge is 2.62. The molecule has 0 saturated heterocycles. The Hall–Kier alpha value is -0.900. The van der Waals surface area contributed by atoms with Gasteiger partial charge in [-0.15, -0.1) is 0 Å². The van der Waals surface area contributed by atoms with Crippen LogP contribution in [0.3, 0.4) is 0 Å². The van der Waals surface area contributed by atoms with E-state index in [-0.39, 0.29) is 34.9 Å². The molecular weight excluding hydrogens is 316 g/mol. The maximum Gasteiger partial charge on any atom is 0.302 e. The number of carbonyl (C=O) groups excluding carboxylic acids is 2. The summed E-state index contributed by atoms with van der Waals surface area (Å²) < 4.78 is 5.69. The molecule has 0 bridgehead atoms. The van der Waals surface area contributed by atoms with Crippen LogP contribution in [-0.4, -0.2) is 29.1 Å². The third-order valence-electron chi connectivity index (χ3n) is 8.72. The Labute approximate surface area is 150 Å². The second kappa shape index (κ2) is 5.80. The smallest absolute Gasteiger partial charge is 0.302 e. The molecule has 140 valence electrons. The van der Waals surface area contributed by atoms with Crippen LogP contribution in [0.2, 0.25) is 0 Å². The van der Waals surface area contributed by atoms with Crippen LogP contribution in [-0.2, 0) is 14.3 Å². The fourth-order valence-corrected chi connectivity index (χ4v) is 7.43. The summed E-state index contributed by atoms with van der Waals surface area (Å²) >= 11 is 0. The second-order valence-electron chi connectivity index (χ2n) is 9.75. The molecule has 4 aliphatic carbocycles. The largest absolute Gasteiger partial charge is 0.462 e. The van der Waals surface area contributed by atoms with Crippen LogP contribution in [0, 0.1) is 34.5 Å². The van der Waals surface area contributed by atoms with E-state index in [1.807, 2.05) is 0 Å². The van der Waals surface area contributed by atoms with Crippen LogP contribution < -0.4 is 0 Å². The van der Waals surface area contributed by atoms with Gasteiger partial charge < -0.3 is 9.84 Å². The van der Waals surface area contributed by atoms with Crippen molar-refractivity contribution in [2.75, 3.05) is 0 Å².